The van der Waals surface area contributed by atoms with Crippen LogP contribution in [0.15, 0.2) is 56.9 Å². The minimum atomic E-state index is -4.22. The number of ether oxygens (including phenoxy) is 2. The Kier molecular flexibility index (Phi) is 9.31. The highest BCUT2D eigenvalue weighted by Crippen LogP contribution is 2.59. The number of amides is 1. The van der Waals surface area contributed by atoms with Crippen molar-refractivity contribution in [1.29, 1.82) is 0 Å². The number of rotatable bonds is 14. The number of aliphatic imine (C=N–C) groups is 1. The molecule has 2 fully saturated rings. The van der Waals surface area contributed by atoms with E-state index in [4.69, 9.17) is 30.6 Å². The molecule has 6 rings (SSSR count). The number of methoxy groups -OCH3 is 1. The van der Waals surface area contributed by atoms with Crippen LogP contribution in [-0.4, -0.2) is 56.2 Å². The molecule has 12 heteroatoms. The lowest BCUT2D eigenvalue weighted by Gasteiger charge is -2.25. The SMILES string of the molecule is CCCCC1=NC2(CC3C[C@H]3C2)C(=O)N1Cc1ccc(-c2ccccc2S(=O)(=O)N(COC)c2noc(C)c2Cl)c(COCC)c1. The lowest BCUT2D eigenvalue weighted by Crippen LogP contribution is -2.41. The topological polar surface area (TPSA) is 115 Å². The van der Waals surface area contributed by atoms with E-state index in [1.54, 1.807) is 31.2 Å². The number of nitrogens with zero attached hydrogens (tertiary/aromatic N) is 4. The molecule has 2 unspecified atom stereocenters. The number of aryl methyl sites for hydroxylation is 1. The summed E-state index contributed by atoms with van der Waals surface area (Å²) in [5.74, 6) is 2.53. The van der Waals surface area contributed by atoms with Crippen LogP contribution in [0.1, 0.15) is 69.3 Å². The molecule has 1 aliphatic heterocycles. The predicted molar refractivity (Wildman–Crippen MR) is 176 cm³/mol. The van der Waals surface area contributed by atoms with E-state index in [1.807, 2.05) is 30.0 Å². The Morgan fingerprint density at radius 3 is 2.57 bits per heavy atom. The van der Waals surface area contributed by atoms with Gasteiger partial charge in [-0.1, -0.05) is 66.5 Å². The highest BCUT2D eigenvalue weighted by molar-refractivity contribution is 7.93. The Bertz CT molecular complexity index is 1750. The molecule has 2 aromatic carbocycles. The molecular formula is C34H41ClN4O6S. The van der Waals surface area contributed by atoms with Gasteiger partial charge in [0.05, 0.1) is 18.0 Å². The van der Waals surface area contributed by atoms with Gasteiger partial charge in [0.2, 0.25) is 5.82 Å². The zero-order valence-corrected chi connectivity index (χ0v) is 28.4. The number of carbonyl (C=O) groups is 1. The molecule has 0 N–H and O–H groups in total. The first kappa shape index (κ1) is 32.7. The maximum absolute atomic E-state index is 14.2. The maximum atomic E-state index is 14.2. The minimum absolute atomic E-state index is 0.0473. The Labute approximate surface area is 275 Å². The van der Waals surface area contributed by atoms with Gasteiger partial charge in [0, 0.05) is 25.7 Å². The number of halogens is 1. The number of sulfonamides is 1. The molecule has 1 aromatic heterocycles. The molecule has 0 bridgehead atoms. The molecule has 2 heterocycles. The molecule has 3 aromatic rings. The van der Waals surface area contributed by atoms with E-state index >= 15 is 0 Å². The van der Waals surface area contributed by atoms with E-state index in [-0.39, 0.29) is 35.0 Å². The van der Waals surface area contributed by atoms with Crippen molar-refractivity contribution in [2.24, 2.45) is 16.8 Å². The van der Waals surface area contributed by atoms with Gasteiger partial charge in [0.15, 0.2) is 5.76 Å². The number of unbranched alkanes of at least 4 members (excludes halogenated alkanes) is 1. The van der Waals surface area contributed by atoms with Crippen LogP contribution < -0.4 is 4.31 Å². The molecule has 0 saturated heterocycles. The summed E-state index contributed by atoms with van der Waals surface area (Å²) in [6.07, 6.45) is 5.73. The zero-order valence-electron chi connectivity index (χ0n) is 26.8. The smallest absolute Gasteiger partial charge is 0.268 e. The van der Waals surface area contributed by atoms with Crippen molar-refractivity contribution < 1.29 is 27.2 Å². The molecule has 1 spiro atoms. The molecule has 3 aliphatic rings. The van der Waals surface area contributed by atoms with E-state index in [2.05, 4.69) is 12.1 Å². The molecule has 0 radical (unpaired) electrons. The monoisotopic (exact) mass is 668 g/mol. The van der Waals surface area contributed by atoms with Gasteiger partial charge in [-0.3, -0.25) is 14.7 Å². The third-order valence-electron chi connectivity index (χ3n) is 9.29. The van der Waals surface area contributed by atoms with Crippen molar-refractivity contribution in [2.75, 3.05) is 24.8 Å². The summed E-state index contributed by atoms with van der Waals surface area (Å²) >= 11 is 6.39. The number of hydrogen-bond acceptors (Lipinski definition) is 8. The molecule has 246 valence electrons. The van der Waals surface area contributed by atoms with Crippen LogP contribution in [0.3, 0.4) is 0 Å². The summed E-state index contributed by atoms with van der Waals surface area (Å²) in [6.45, 7) is 6.51. The highest BCUT2D eigenvalue weighted by atomic mass is 35.5. The largest absolute Gasteiger partial charge is 0.377 e. The van der Waals surface area contributed by atoms with Gasteiger partial charge in [-0.2, -0.15) is 0 Å². The van der Waals surface area contributed by atoms with Crippen LogP contribution in [0.4, 0.5) is 5.82 Å². The standard InChI is InChI=1S/C34H41ClN4O6S/c1-5-7-12-30-36-34(17-24-16-25(24)18-34)33(40)38(30)19-23-13-14-27(26(15-23)20-44-6-2)28-10-8-9-11-29(28)46(41,42)39(21-43-4)32-31(35)22(3)45-37-32/h8-11,13-15,24-25H,5-7,12,16-21H2,1-4H3/t24-,25?,34?/m0/s1. The molecule has 46 heavy (non-hydrogen) atoms. The summed E-state index contributed by atoms with van der Waals surface area (Å²) in [7, 11) is -2.82. The Balaban J connectivity index is 1.35. The molecule has 1 amide bonds. The van der Waals surface area contributed by atoms with Crippen LogP contribution in [0.5, 0.6) is 0 Å². The Morgan fingerprint density at radius 2 is 1.89 bits per heavy atom. The van der Waals surface area contributed by atoms with Gasteiger partial charge in [-0.25, -0.2) is 12.7 Å². The average Bonchev–Trinajstić information content (AvgIpc) is 3.43. The summed E-state index contributed by atoms with van der Waals surface area (Å²) in [6, 6.07) is 12.7. The first-order valence-electron chi connectivity index (χ1n) is 16.0. The van der Waals surface area contributed by atoms with Gasteiger partial charge in [0.25, 0.3) is 15.9 Å². The van der Waals surface area contributed by atoms with Crippen LogP contribution in [0, 0.1) is 18.8 Å². The van der Waals surface area contributed by atoms with E-state index in [0.29, 0.717) is 41.9 Å². The van der Waals surface area contributed by atoms with Gasteiger partial charge in [0.1, 0.15) is 23.1 Å². The molecule has 10 nitrogen and oxygen atoms in total. The lowest BCUT2D eigenvalue weighted by molar-refractivity contribution is -0.131. The Hall–Kier alpha value is -3.25. The summed E-state index contributed by atoms with van der Waals surface area (Å²) < 4.78 is 45.8. The first-order chi connectivity index (χ1) is 22.1. The molecule has 3 atom stereocenters. The maximum Gasteiger partial charge on any atom is 0.268 e. The van der Waals surface area contributed by atoms with Crippen molar-refractivity contribution in [1.82, 2.24) is 10.1 Å². The van der Waals surface area contributed by atoms with Gasteiger partial charge in [-0.15, -0.1) is 0 Å². The highest BCUT2D eigenvalue weighted by Gasteiger charge is 2.61. The van der Waals surface area contributed by atoms with E-state index in [1.165, 1.54) is 13.5 Å². The Morgan fingerprint density at radius 1 is 1.13 bits per heavy atom. The second-order valence-electron chi connectivity index (χ2n) is 12.5. The number of anilines is 1. The predicted octanol–water partition coefficient (Wildman–Crippen LogP) is 6.74. The number of benzene rings is 2. The fourth-order valence-corrected chi connectivity index (χ4v) is 8.62. The van der Waals surface area contributed by atoms with Crippen LogP contribution in [-0.2, 0) is 37.4 Å². The van der Waals surface area contributed by atoms with Gasteiger partial charge in [-0.05, 0) is 74.1 Å². The second-order valence-corrected chi connectivity index (χ2v) is 14.7. The van der Waals surface area contributed by atoms with Crippen LogP contribution >= 0.6 is 11.6 Å². The van der Waals surface area contributed by atoms with E-state index in [0.717, 1.165) is 53.4 Å². The average molecular weight is 669 g/mol. The van der Waals surface area contributed by atoms with Crippen LogP contribution in [0.2, 0.25) is 5.02 Å². The molecule has 2 saturated carbocycles. The van der Waals surface area contributed by atoms with Gasteiger partial charge >= 0.3 is 0 Å². The van der Waals surface area contributed by atoms with Crippen molar-refractivity contribution >= 4 is 39.2 Å². The third-order valence-corrected chi connectivity index (χ3v) is 11.5. The summed E-state index contributed by atoms with van der Waals surface area (Å²) in [4.78, 5) is 21.0. The quantitative estimate of drug-likeness (QED) is 0.175. The number of hydrogen-bond donors (Lipinski definition) is 0. The fraction of sp³-hybridized carbons (Fsp3) is 0.500. The normalized spacial score (nSPS) is 22.1. The van der Waals surface area contributed by atoms with E-state index < -0.39 is 15.6 Å². The second kappa shape index (κ2) is 13.1. The van der Waals surface area contributed by atoms with Crippen LogP contribution in [0.25, 0.3) is 11.1 Å². The zero-order chi connectivity index (χ0) is 32.6. The fourth-order valence-electron chi connectivity index (χ4n) is 6.86. The molecule has 2 aliphatic carbocycles. The number of aromatic nitrogens is 1. The molecular weight excluding hydrogens is 628 g/mol. The number of fused-ring (bicyclic) bond motifs is 1. The summed E-state index contributed by atoms with van der Waals surface area (Å²) in [5.41, 5.74) is 2.36. The number of amidine groups is 1. The lowest BCUT2D eigenvalue weighted by atomic mass is 9.93. The third kappa shape index (κ3) is 5.98. The van der Waals surface area contributed by atoms with E-state index in [9.17, 15) is 13.2 Å². The number of carbonyl (C=O) groups excluding carboxylic acids is 1. The van der Waals surface area contributed by atoms with Crippen molar-refractivity contribution in [3.8, 4) is 11.1 Å². The van der Waals surface area contributed by atoms with Crippen molar-refractivity contribution in [3.63, 3.8) is 0 Å². The summed E-state index contributed by atoms with van der Waals surface area (Å²) in [5, 5.41) is 4.00. The van der Waals surface area contributed by atoms with Crippen molar-refractivity contribution in [2.45, 2.75) is 82.9 Å². The van der Waals surface area contributed by atoms with Crippen molar-refractivity contribution in [3.05, 3.63) is 64.4 Å². The minimum Gasteiger partial charge on any atom is -0.377 e. The van der Waals surface area contributed by atoms with Gasteiger partial charge < -0.3 is 14.0 Å². The first-order valence-corrected chi connectivity index (χ1v) is 17.8.